The normalized spacial score (nSPS) is 10.4. The van der Waals surface area contributed by atoms with Crippen LogP contribution in [0.4, 0.5) is 5.69 Å². The molecule has 2 rings (SSSR count). The highest BCUT2D eigenvalue weighted by Crippen LogP contribution is 2.23. The molecule has 0 aliphatic carbocycles. The first-order valence-electron chi connectivity index (χ1n) is 7.44. The molecule has 0 saturated heterocycles. The number of ether oxygens (including phenoxy) is 2. The number of hydrogen-bond acceptors (Lipinski definition) is 5. The molecule has 2 aromatic rings. The molecule has 0 aliphatic rings. The molecule has 0 fully saturated rings. The summed E-state index contributed by atoms with van der Waals surface area (Å²) in [4.78, 5) is 12.3. The first-order valence-corrected chi connectivity index (χ1v) is 8.51. The zero-order valence-electron chi connectivity index (χ0n) is 13.8. The van der Waals surface area contributed by atoms with Gasteiger partial charge >= 0.3 is 0 Å². The van der Waals surface area contributed by atoms with Gasteiger partial charge in [-0.2, -0.15) is 10.5 Å². The largest absolute Gasteiger partial charge is 0.497 e. The van der Waals surface area contributed by atoms with Gasteiger partial charge < -0.3 is 14.8 Å². The minimum absolute atomic E-state index is 0.0256. The molecule has 0 saturated carbocycles. The van der Waals surface area contributed by atoms with Crippen LogP contribution >= 0.6 is 22.6 Å². The van der Waals surface area contributed by atoms with E-state index >= 15 is 0 Å². The lowest BCUT2D eigenvalue weighted by Crippen LogP contribution is -2.13. The number of rotatable bonds is 6. The van der Waals surface area contributed by atoms with Crippen molar-refractivity contribution in [1.82, 2.24) is 0 Å². The van der Waals surface area contributed by atoms with Gasteiger partial charge in [0.15, 0.2) is 6.61 Å². The van der Waals surface area contributed by atoms with Crippen LogP contribution in [0.5, 0.6) is 11.5 Å². The Morgan fingerprint density at radius 2 is 1.96 bits per heavy atom. The summed E-state index contributed by atoms with van der Waals surface area (Å²) in [5, 5.41) is 20.5. The monoisotopic (exact) mass is 459 g/mol. The second-order valence-corrected chi connectivity index (χ2v) is 6.15. The molecule has 2 aromatic carbocycles. The van der Waals surface area contributed by atoms with E-state index in [1.807, 2.05) is 12.1 Å². The molecule has 1 N–H and O–H groups in total. The molecular weight excluding hydrogens is 445 g/mol. The molecule has 7 heteroatoms. The predicted molar refractivity (Wildman–Crippen MR) is 105 cm³/mol. The standard InChI is InChI=1S/C19H14IN3O3/c1-25-16-5-3-15(4-6-16)23-19(24)14(12-22)10-13-2-7-18(17(20)11-13)26-9-8-21/h2-7,10-11H,9H2,1H3,(H,23,24)/b14-10-. The first kappa shape index (κ1) is 19.3. The lowest BCUT2D eigenvalue weighted by atomic mass is 10.1. The minimum Gasteiger partial charge on any atom is -0.497 e. The summed E-state index contributed by atoms with van der Waals surface area (Å²) >= 11 is 2.07. The minimum atomic E-state index is -0.502. The van der Waals surface area contributed by atoms with Crippen molar-refractivity contribution in [1.29, 1.82) is 10.5 Å². The molecule has 0 radical (unpaired) electrons. The van der Waals surface area contributed by atoms with Crippen LogP contribution in [0.3, 0.4) is 0 Å². The van der Waals surface area contributed by atoms with E-state index in [9.17, 15) is 10.1 Å². The van der Waals surface area contributed by atoms with Gasteiger partial charge in [-0.15, -0.1) is 0 Å². The fraction of sp³-hybridized carbons (Fsp3) is 0.105. The number of nitrogens with zero attached hydrogens (tertiary/aromatic N) is 2. The van der Waals surface area contributed by atoms with Gasteiger partial charge in [-0.05, 0) is 70.6 Å². The molecule has 0 aliphatic heterocycles. The van der Waals surface area contributed by atoms with Gasteiger partial charge in [0.1, 0.15) is 29.2 Å². The van der Waals surface area contributed by atoms with E-state index in [0.717, 1.165) is 3.57 Å². The molecule has 0 bridgehead atoms. The number of anilines is 1. The zero-order valence-corrected chi connectivity index (χ0v) is 16.0. The molecular formula is C19H14IN3O3. The SMILES string of the molecule is COc1ccc(NC(=O)/C(C#N)=C\c2ccc(OCC#N)c(I)c2)cc1. The summed E-state index contributed by atoms with van der Waals surface area (Å²) in [6.07, 6.45) is 1.50. The van der Waals surface area contributed by atoms with Crippen LogP contribution < -0.4 is 14.8 Å². The number of carbonyl (C=O) groups is 1. The van der Waals surface area contributed by atoms with Crippen molar-refractivity contribution >= 4 is 40.3 Å². The van der Waals surface area contributed by atoms with Crippen molar-refractivity contribution in [3.8, 4) is 23.6 Å². The van der Waals surface area contributed by atoms with Crippen molar-refractivity contribution in [2.24, 2.45) is 0 Å². The van der Waals surface area contributed by atoms with Gasteiger partial charge in [0.25, 0.3) is 5.91 Å². The summed E-state index contributed by atoms with van der Waals surface area (Å²) in [5.41, 5.74) is 1.22. The molecule has 26 heavy (non-hydrogen) atoms. The van der Waals surface area contributed by atoms with Crippen LogP contribution in [0.15, 0.2) is 48.0 Å². The Labute approximate surface area is 164 Å². The lowest BCUT2D eigenvalue weighted by Gasteiger charge is -2.07. The van der Waals surface area contributed by atoms with E-state index in [1.54, 1.807) is 49.6 Å². The van der Waals surface area contributed by atoms with E-state index < -0.39 is 5.91 Å². The molecule has 6 nitrogen and oxygen atoms in total. The second kappa shape index (κ2) is 9.44. The maximum absolute atomic E-state index is 12.3. The van der Waals surface area contributed by atoms with Gasteiger partial charge in [0.2, 0.25) is 0 Å². The van der Waals surface area contributed by atoms with Crippen molar-refractivity contribution in [2.75, 3.05) is 19.0 Å². The third-order valence-electron chi connectivity index (χ3n) is 3.27. The predicted octanol–water partition coefficient (Wildman–Crippen LogP) is 3.75. The Bertz CT molecular complexity index is 909. The smallest absolute Gasteiger partial charge is 0.266 e. The topological polar surface area (TPSA) is 95.1 Å². The first-order chi connectivity index (χ1) is 12.6. The average molecular weight is 459 g/mol. The molecule has 0 spiro atoms. The van der Waals surface area contributed by atoms with Crippen LogP contribution in [0, 0.1) is 26.2 Å². The van der Waals surface area contributed by atoms with Crippen molar-refractivity contribution in [3.05, 3.63) is 57.2 Å². The quantitative estimate of drug-likeness (QED) is 0.404. The van der Waals surface area contributed by atoms with Crippen LogP contribution in [0.25, 0.3) is 6.08 Å². The molecule has 0 heterocycles. The number of benzene rings is 2. The highest BCUT2D eigenvalue weighted by molar-refractivity contribution is 14.1. The third kappa shape index (κ3) is 5.23. The molecule has 130 valence electrons. The van der Waals surface area contributed by atoms with Gasteiger partial charge in [0, 0.05) is 5.69 Å². The highest BCUT2D eigenvalue weighted by Gasteiger charge is 2.10. The fourth-order valence-electron chi connectivity index (χ4n) is 2.02. The number of nitriles is 2. The number of nitrogens with one attached hydrogen (secondary N) is 1. The van der Waals surface area contributed by atoms with Gasteiger partial charge in [-0.1, -0.05) is 6.07 Å². The Morgan fingerprint density at radius 3 is 2.54 bits per heavy atom. The van der Waals surface area contributed by atoms with E-state index in [-0.39, 0.29) is 12.2 Å². The van der Waals surface area contributed by atoms with Crippen LogP contribution in [0.2, 0.25) is 0 Å². The summed E-state index contributed by atoms with van der Waals surface area (Å²) < 4.78 is 11.1. The maximum Gasteiger partial charge on any atom is 0.266 e. The Kier molecular flexibility index (Phi) is 7.01. The molecule has 0 aromatic heterocycles. The van der Waals surface area contributed by atoms with Crippen LogP contribution in [-0.4, -0.2) is 19.6 Å². The number of amides is 1. The van der Waals surface area contributed by atoms with E-state index in [2.05, 4.69) is 27.9 Å². The van der Waals surface area contributed by atoms with Crippen LogP contribution in [-0.2, 0) is 4.79 Å². The van der Waals surface area contributed by atoms with Crippen molar-refractivity contribution in [2.45, 2.75) is 0 Å². The lowest BCUT2D eigenvalue weighted by molar-refractivity contribution is -0.112. The third-order valence-corrected chi connectivity index (χ3v) is 4.12. The van der Waals surface area contributed by atoms with E-state index in [0.29, 0.717) is 22.7 Å². The maximum atomic E-state index is 12.3. The second-order valence-electron chi connectivity index (χ2n) is 4.99. The molecule has 1 amide bonds. The van der Waals surface area contributed by atoms with E-state index in [4.69, 9.17) is 14.7 Å². The summed E-state index contributed by atoms with van der Waals surface area (Å²) in [6, 6.07) is 15.8. The van der Waals surface area contributed by atoms with Gasteiger partial charge in [-0.25, -0.2) is 0 Å². The molecule has 0 atom stereocenters. The number of methoxy groups -OCH3 is 1. The Balaban J connectivity index is 2.15. The molecule has 0 unspecified atom stereocenters. The summed E-state index contributed by atoms with van der Waals surface area (Å²) in [5.74, 6) is 0.746. The fourth-order valence-corrected chi connectivity index (χ4v) is 2.72. The average Bonchev–Trinajstić information content (AvgIpc) is 2.66. The van der Waals surface area contributed by atoms with Crippen molar-refractivity contribution < 1.29 is 14.3 Å². The van der Waals surface area contributed by atoms with Crippen LogP contribution in [0.1, 0.15) is 5.56 Å². The Morgan fingerprint density at radius 1 is 1.23 bits per heavy atom. The zero-order chi connectivity index (χ0) is 18.9. The Hall–Kier alpha value is -3.04. The van der Waals surface area contributed by atoms with Gasteiger partial charge in [0.05, 0.1) is 10.7 Å². The summed E-state index contributed by atoms with van der Waals surface area (Å²) in [6.45, 7) is -0.0428. The van der Waals surface area contributed by atoms with Gasteiger partial charge in [-0.3, -0.25) is 4.79 Å². The van der Waals surface area contributed by atoms with Crippen molar-refractivity contribution in [3.63, 3.8) is 0 Å². The number of carbonyl (C=O) groups excluding carboxylic acids is 1. The highest BCUT2D eigenvalue weighted by atomic mass is 127. The van der Waals surface area contributed by atoms with E-state index in [1.165, 1.54) is 6.08 Å². The number of halogens is 1. The number of hydrogen-bond donors (Lipinski definition) is 1. The summed E-state index contributed by atoms with van der Waals surface area (Å²) in [7, 11) is 1.56.